The number of thiophene rings is 1. The van der Waals surface area contributed by atoms with Crippen LogP contribution in [0.25, 0.3) is 10.9 Å². The molecule has 1 aromatic carbocycles. The van der Waals surface area contributed by atoms with Gasteiger partial charge in [0.25, 0.3) is 5.91 Å². The summed E-state index contributed by atoms with van der Waals surface area (Å²) in [6.07, 6.45) is 0. The van der Waals surface area contributed by atoms with Crippen LogP contribution in [-0.4, -0.2) is 54.0 Å². The molecule has 1 aliphatic rings. The molecule has 3 aromatic rings. The Bertz CT molecular complexity index is 947. The molecule has 0 atom stereocenters. The molecule has 4 rings (SSSR count). The summed E-state index contributed by atoms with van der Waals surface area (Å²) in [5.74, 6) is 0.851. The number of fused-ring (bicyclic) bond motifs is 1. The van der Waals surface area contributed by atoms with Gasteiger partial charge in [-0.25, -0.2) is 0 Å². The third kappa shape index (κ3) is 3.82. The standard InChI is InChI=1S/C21H23N3O2S/c1-15-19(12-16-5-6-17(26-2)13-20(16)22-15)21(25)24-9-7-23(8-10-24)14-18-4-3-11-27-18/h3-6,11-13H,7-10,14H2,1-2H3. The van der Waals surface area contributed by atoms with E-state index >= 15 is 0 Å². The van der Waals surface area contributed by atoms with Gasteiger partial charge in [-0.15, -0.1) is 11.3 Å². The van der Waals surface area contributed by atoms with Gasteiger partial charge >= 0.3 is 0 Å². The van der Waals surface area contributed by atoms with E-state index in [4.69, 9.17) is 4.74 Å². The molecule has 1 saturated heterocycles. The summed E-state index contributed by atoms with van der Waals surface area (Å²) in [7, 11) is 1.64. The summed E-state index contributed by atoms with van der Waals surface area (Å²) in [6.45, 7) is 6.19. The van der Waals surface area contributed by atoms with Crippen molar-refractivity contribution in [3.05, 3.63) is 57.9 Å². The highest BCUT2D eigenvalue weighted by molar-refractivity contribution is 7.09. The predicted octanol–water partition coefficient (Wildman–Crippen LogP) is 3.57. The molecule has 0 spiro atoms. The van der Waals surface area contributed by atoms with Crippen LogP contribution in [0, 0.1) is 6.92 Å². The summed E-state index contributed by atoms with van der Waals surface area (Å²) >= 11 is 1.79. The Labute approximate surface area is 163 Å². The van der Waals surface area contributed by atoms with Crippen LogP contribution in [0.3, 0.4) is 0 Å². The molecule has 2 aromatic heterocycles. The maximum atomic E-state index is 13.1. The Balaban J connectivity index is 1.47. The molecular weight excluding hydrogens is 358 g/mol. The number of rotatable bonds is 4. The number of piperazine rings is 1. The number of benzene rings is 1. The predicted molar refractivity (Wildman–Crippen MR) is 109 cm³/mol. The highest BCUT2D eigenvalue weighted by atomic mass is 32.1. The SMILES string of the molecule is COc1ccc2cc(C(=O)N3CCN(Cc4cccs4)CC3)c(C)nc2c1. The fraction of sp³-hybridized carbons (Fsp3) is 0.333. The lowest BCUT2D eigenvalue weighted by Crippen LogP contribution is -2.48. The molecule has 140 valence electrons. The van der Waals surface area contributed by atoms with Crippen molar-refractivity contribution >= 4 is 28.1 Å². The van der Waals surface area contributed by atoms with Crippen molar-refractivity contribution in [3.63, 3.8) is 0 Å². The van der Waals surface area contributed by atoms with Crippen molar-refractivity contribution in [2.45, 2.75) is 13.5 Å². The second kappa shape index (κ2) is 7.66. The van der Waals surface area contributed by atoms with E-state index in [-0.39, 0.29) is 5.91 Å². The fourth-order valence-corrected chi connectivity index (χ4v) is 4.24. The van der Waals surface area contributed by atoms with E-state index in [1.165, 1.54) is 4.88 Å². The number of aryl methyl sites for hydroxylation is 1. The Hall–Kier alpha value is -2.44. The third-order valence-corrected chi connectivity index (χ3v) is 5.93. The molecule has 0 N–H and O–H groups in total. The maximum absolute atomic E-state index is 13.1. The van der Waals surface area contributed by atoms with Crippen molar-refractivity contribution in [1.29, 1.82) is 0 Å². The minimum absolute atomic E-state index is 0.0773. The molecule has 5 nitrogen and oxygen atoms in total. The molecule has 27 heavy (non-hydrogen) atoms. The number of aromatic nitrogens is 1. The molecule has 1 fully saturated rings. The zero-order chi connectivity index (χ0) is 18.8. The minimum Gasteiger partial charge on any atom is -0.497 e. The van der Waals surface area contributed by atoms with Gasteiger partial charge in [0.2, 0.25) is 0 Å². The highest BCUT2D eigenvalue weighted by Crippen LogP contribution is 2.23. The van der Waals surface area contributed by atoms with Crippen LogP contribution >= 0.6 is 11.3 Å². The topological polar surface area (TPSA) is 45.7 Å². The van der Waals surface area contributed by atoms with Crippen molar-refractivity contribution in [1.82, 2.24) is 14.8 Å². The lowest BCUT2D eigenvalue weighted by atomic mass is 10.1. The molecule has 6 heteroatoms. The van der Waals surface area contributed by atoms with Gasteiger partial charge in [-0.1, -0.05) is 6.07 Å². The Morgan fingerprint density at radius 3 is 2.70 bits per heavy atom. The van der Waals surface area contributed by atoms with Gasteiger partial charge in [-0.05, 0) is 36.6 Å². The van der Waals surface area contributed by atoms with Gasteiger partial charge in [0, 0.05) is 49.1 Å². The number of carbonyl (C=O) groups excluding carboxylic acids is 1. The van der Waals surface area contributed by atoms with E-state index in [0.29, 0.717) is 5.56 Å². The van der Waals surface area contributed by atoms with Crippen LogP contribution < -0.4 is 4.74 Å². The number of pyridine rings is 1. The monoisotopic (exact) mass is 381 g/mol. The third-order valence-electron chi connectivity index (χ3n) is 5.06. The summed E-state index contributed by atoms with van der Waals surface area (Å²) in [4.78, 5) is 23.4. The smallest absolute Gasteiger partial charge is 0.255 e. The number of amides is 1. The van der Waals surface area contributed by atoms with Gasteiger partial charge in [-0.2, -0.15) is 0 Å². The summed E-state index contributed by atoms with van der Waals surface area (Å²) < 4.78 is 5.26. The first-order valence-corrected chi connectivity index (χ1v) is 10.0. The van der Waals surface area contributed by atoms with Crippen LogP contribution in [0.4, 0.5) is 0 Å². The molecule has 1 aliphatic heterocycles. The van der Waals surface area contributed by atoms with Gasteiger partial charge < -0.3 is 9.64 Å². The molecule has 0 saturated carbocycles. The first-order chi connectivity index (χ1) is 13.1. The Kier molecular flexibility index (Phi) is 5.09. The van der Waals surface area contributed by atoms with Crippen LogP contribution in [0.1, 0.15) is 20.9 Å². The Morgan fingerprint density at radius 2 is 2.00 bits per heavy atom. The Morgan fingerprint density at radius 1 is 1.19 bits per heavy atom. The summed E-state index contributed by atoms with van der Waals surface area (Å²) in [5, 5.41) is 3.07. The molecule has 0 aliphatic carbocycles. The number of hydrogen-bond acceptors (Lipinski definition) is 5. The maximum Gasteiger partial charge on any atom is 0.255 e. The molecule has 0 unspecified atom stereocenters. The molecular formula is C21H23N3O2S. The van der Waals surface area contributed by atoms with Crippen molar-refractivity contribution in [2.24, 2.45) is 0 Å². The van der Waals surface area contributed by atoms with E-state index < -0.39 is 0 Å². The first-order valence-electron chi connectivity index (χ1n) is 9.13. The van der Waals surface area contributed by atoms with Crippen LogP contribution in [0.2, 0.25) is 0 Å². The quantitative estimate of drug-likeness (QED) is 0.693. The molecule has 0 bridgehead atoms. The molecule has 3 heterocycles. The molecule has 0 radical (unpaired) electrons. The van der Waals surface area contributed by atoms with Crippen LogP contribution in [0.15, 0.2) is 41.8 Å². The lowest BCUT2D eigenvalue weighted by Gasteiger charge is -2.34. The van der Waals surface area contributed by atoms with Gasteiger partial charge in [0.05, 0.1) is 23.9 Å². The zero-order valence-corrected chi connectivity index (χ0v) is 16.5. The minimum atomic E-state index is 0.0773. The number of nitrogens with zero attached hydrogens (tertiary/aromatic N) is 3. The molecule has 1 amide bonds. The fourth-order valence-electron chi connectivity index (χ4n) is 3.49. The lowest BCUT2D eigenvalue weighted by molar-refractivity contribution is 0.0628. The van der Waals surface area contributed by atoms with E-state index in [1.54, 1.807) is 18.4 Å². The second-order valence-corrected chi connectivity index (χ2v) is 7.86. The number of carbonyl (C=O) groups is 1. The van der Waals surface area contributed by atoms with Crippen LogP contribution in [0.5, 0.6) is 5.75 Å². The van der Waals surface area contributed by atoms with Crippen molar-refractivity contribution < 1.29 is 9.53 Å². The average molecular weight is 382 g/mol. The van der Waals surface area contributed by atoms with Crippen LogP contribution in [-0.2, 0) is 6.54 Å². The normalized spacial score (nSPS) is 15.3. The second-order valence-electron chi connectivity index (χ2n) is 6.83. The highest BCUT2D eigenvalue weighted by Gasteiger charge is 2.24. The average Bonchev–Trinajstić information content (AvgIpc) is 3.20. The zero-order valence-electron chi connectivity index (χ0n) is 15.6. The number of methoxy groups -OCH3 is 1. The van der Waals surface area contributed by atoms with Crippen molar-refractivity contribution in [3.8, 4) is 5.75 Å². The van der Waals surface area contributed by atoms with Gasteiger partial charge in [-0.3, -0.25) is 14.7 Å². The first kappa shape index (κ1) is 17.9. The summed E-state index contributed by atoms with van der Waals surface area (Å²) in [6, 6.07) is 12.0. The van der Waals surface area contributed by atoms with E-state index in [0.717, 1.165) is 55.1 Å². The summed E-state index contributed by atoms with van der Waals surface area (Å²) in [5.41, 5.74) is 2.31. The largest absolute Gasteiger partial charge is 0.497 e. The van der Waals surface area contributed by atoms with E-state index in [1.807, 2.05) is 36.1 Å². The van der Waals surface area contributed by atoms with E-state index in [9.17, 15) is 4.79 Å². The number of hydrogen-bond donors (Lipinski definition) is 0. The van der Waals surface area contributed by atoms with Crippen molar-refractivity contribution in [2.75, 3.05) is 33.3 Å². The van der Waals surface area contributed by atoms with Gasteiger partial charge in [0.1, 0.15) is 5.75 Å². The van der Waals surface area contributed by atoms with E-state index in [2.05, 4.69) is 27.4 Å². The van der Waals surface area contributed by atoms with Gasteiger partial charge in [0.15, 0.2) is 0 Å². The number of ether oxygens (including phenoxy) is 1.